The minimum absolute atomic E-state index is 0.0433. The Balaban J connectivity index is 1.12. The van der Waals surface area contributed by atoms with E-state index in [2.05, 4.69) is 10.2 Å². The maximum absolute atomic E-state index is 12.5. The largest absolute Gasteiger partial charge is 0.448 e. The molecule has 1 aromatic rings. The SMILES string of the molecule is O=C(CN1CCN(C(=O)C2CC2)CC1)Nc1ccc2c(c1)OC1(CCCCC1)O2. The minimum Gasteiger partial charge on any atom is -0.448 e. The highest BCUT2D eigenvalue weighted by atomic mass is 16.7. The lowest BCUT2D eigenvalue weighted by Gasteiger charge is -2.34. The number of rotatable bonds is 4. The second-order valence-electron chi connectivity index (χ2n) is 8.76. The summed E-state index contributed by atoms with van der Waals surface area (Å²) < 4.78 is 12.2. The van der Waals surface area contributed by atoms with Crippen molar-refractivity contribution in [3.63, 3.8) is 0 Å². The number of nitrogens with zero attached hydrogens (tertiary/aromatic N) is 2. The third-order valence-corrected chi connectivity index (χ3v) is 6.41. The number of amides is 2. The summed E-state index contributed by atoms with van der Waals surface area (Å²) in [6, 6.07) is 5.62. The number of carbonyl (C=O) groups excluding carboxylic acids is 2. The highest BCUT2D eigenvalue weighted by molar-refractivity contribution is 5.92. The number of hydrogen-bond acceptors (Lipinski definition) is 5. The summed E-state index contributed by atoms with van der Waals surface area (Å²) in [5.74, 6) is 1.51. The molecule has 156 valence electrons. The maximum Gasteiger partial charge on any atom is 0.251 e. The van der Waals surface area contributed by atoms with Gasteiger partial charge in [-0.2, -0.15) is 0 Å². The lowest BCUT2D eigenvalue weighted by molar-refractivity contribution is -0.134. The fraction of sp³-hybridized carbons (Fsp3) is 0.636. The Morgan fingerprint density at radius 3 is 2.45 bits per heavy atom. The molecule has 2 saturated carbocycles. The normalized spacial score (nSPS) is 23.2. The zero-order chi connectivity index (χ0) is 19.8. The fourth-order valence-electron chi connectivity index (χ4n) is 4.58. The minimum atomic E-state index is -0.499. The zero-order valence-corrected chi connectivity index (χ0v) is 16.8. The second kappa shape index (κ2) is 7.52. The van der Waals surface area contributed by atoms with Gasteiger partial charge in [0.05, 0.1) is 6.54 Å². The lowest BCUT2D eigenvalue weighted by atomic mass is 9.94. The number of benzene rings is 1. The monoisotopic (exact) mass is 399 g/mol. The van der Waals surface area contributed by atoms with Gasteiger partial charge in [-0.15, -0.1) is 0 Å². The smallest absolute Gasteiger partial charge is 0.251 e. The van der Waals surface area contributed by atoms with E-state index in [1.54, 1.807) is 0 Å². The summed E-state index contributed by atoms with van der Waals surface area (Å²) >= 11 is 0. The molecule has 7 nitrogen and oxygen atoms in total. The molecule has 1 aromatic carbocycles. The molecule has 0 unspecified atom stereocenters. The van der Waals surface area contributed by atoms with Crippen LogP contribution in [0.25, 0.3) is 0 Å². The first kappa shape index (κ1) is 18.7. The third-order valence-electron chi connectivity index (χ3n) is 6.41. The van der Waals surface area contributed by atoms with Gasteiger partial charge in [-0.1, -0.05) is 6.42 Å². The predicted octanol–water partition coefficient (Wildman–Crippen LogP) is 2.61. The number of ether oxygens (including phenoxy) is 2. The molecule has 4 aliphatic rings. The summed E-state index contributed by atoms with van der Waals surface area (Å²) in [6.45, 7) is 3.26. The molecule has 5 rings (SSSR count). The quantitative estimate of drug-likeness (QED) is 0.843. The third kappa shape index (κ3) is 4.06. The summed E-state index contributed by atoms with van der Waals surface area (Å²) in [6.07, 6.45) is 7.39. The first-order valence-electron chi connectivity index (χ1n) is 10.9. The van der Waals surface area contributed by atoms with E-state index in [0.717, 1.165) is 68.8 Å². The Hall–Kier alpha value is -2.28. The van der Waals surface area contributed by atoms with Crippen LogP contribution in [0.5, 0.6) is 11.5 Å². The van der Waals surface area contributed by atoms with Gasteiger partial charge in [0.2, 0.25) is 11.8 Å². The van der Waals surface area contributed by atoms with E-state index in [1.807, 2.05) is 23.1 Å². The molecule has 1 spiro atoms. The van der Waals surface area contributed by atoms with Crippen molar-refractivity contribution in [2.24, 2.45) is 5.92 Å². The average molecular weight is 399 g/mol. The van der Waals surface area contributed by atoms with Crippen molar-refractivity contribution in [3.8, 4) is 11.5 Å². The molecule has 3 fully saturated rings. The maximum atomic E-state index is 12.5. The molecule has 1 N–H and O–H groups in total. The van der Waals surface area contributed by atoms with Crippen molar-refractivity contribution in [2.45, 2.75) is 50.7 Å². The van der Waals surface area contributed by atoms with Gasteiger partial charge in [-0.25, -0.2) is 0 Å². The molecule has 0 aromatic heterocycles. The molecule has 0 bridgehead atoms. The summed E-state index contributed by atoms with van der Waals surface area (Å²) in [7, 11) is 0. The predicted molar refractivity (Wildman–Crippen MR) is 108 cm³/mol. The summed E-state index contributed by atoms with van der Waals surface area (Å²) in [5.41, 5.74) is 0.729. The van der Waals surface area contributed by atoms with E-state index in [-0.39, 0.29) is 11.8 Å². The number of carbonyl (C=O) groups is 2. The van der Waals surface area contributed by atoms with E-state index < -0.39 is 5.79 Å². The molecule has 29 heavy (non-hydrogen) atoms. The number of nitrogens with one attached hydrogen (secondary N) is 1. The molecule has 2 heterocycles. The Labute approximate surface area is 171 Å². The van der Waals surface area contributed by atoms with Crippen LogP contribution in [0.1, 0.15) is 44.9 Å². The van der Waals surface area contributed by atoms with Crippen LogP contribution < -0.4 is 14.8 Å². The van der Waals surface area contributed by atoms with Crippen molar-refractivity contribution in [3.05, 3.63) is 18.2 Å². The van der Waals surface area contributed by atoms with Crippen LogP contribution in [-0.2, 0) is 9.59 Å². The molecular weight excluding hydrogens is 370 g/mol. The van der Waals surface area contributed by atoms with E-state index in [1.165, 1.54) is 6.42 Å². The average Bonchev–Trinajstić information content (AvgIpc) is 3.51. The van der Waals surface area contributed by atoms with Crippen LogP contribution in [0, 0.1) is 5.92 Å². The van der Waals surface area contributed by atoms with Gasteiger partial charge in [-0.3, -0.25) is 14.5 Å². The van der Waals surface area contributed by atoms with Crippen LogP contribution in [-0.4, -0.2) is 60.1 Å². The van der Waals surface area contributed by atoms with Gasteiger partial charge in [0.15, 0.2) is 11.5 Å². The van der Waals surface area contributed by atoms with E-state index in [0.29, 0.717) is 25.5 Å². The molecule has 0 radical (unpaired) electrons. The van der Waals surface area contributed by atoms with Crippen molar-refractivity contribution >= 4 is 17.5 Å². The fourth-order valence-corrected chi connectivity index (χ4v) is 4.58. The first-order chi connectivity index (χ1) is 14.1. The van der Waals surface area contributed by atoms with E-state index in [9.17, 15) is 9.59 Å². The molecule has 0 atom stereocenters. The van der Waals surface area contributed by atoms with E-state index >= 15 is 0 Å². The van der Waals surface area contributed by atoms with Crippen LogP contribution in [0.2, 0.25) is 0 Å². The van der Waals surface area contributed by atoms with Crippen molar-refractivity contribution < 1.29 is 19.1 Å². The van der Waals surface area contributed by atoms with Crippen molar-refractivity contribution in [2.75, 3.05) is 38.0 Å². The Bertz CT molecular complexity index is 793. The van der Waals surface area contributed by atoms with E-state index in [4.69, 9.17) is 9.47 Å². The van der Waals surface area contributed by atoms with Gasteiger partial charge in [0.1, 0.15) is 0 Å². The lowest BCUT2D eigenvalue weighted by Crippen LogP contribution is -2.50. The van der Waals surface area contributed by atoms with Crippen LogP contribution in [0.4, 0.5) is 5.69 Å². The van der Waals surface area contributed by atoms with Crippen LogP contribution >= 0.6 is 0 Å². The molecule has 2 aliphatic heterocycles. The van der Waals surface area contributed by atoms with Gasteiger partial charge >= 0.3 is 0 Å². The molecular formula is C22H29N3O4. The highest BCUT2D eigenvalue weighted by Gasteiger charge is 2.42. The van der Waals surface area contributed by atoms with Gasteiger partial charge < -0.3 is 19.7 Å². The topological polar surface area (TPSA) is 71.1 Å². The number of anilines is 1. The number of piperazine rings is 1. The molecule has 2 aliphatic carbocycles. The number of fused-ring (bicyclic) bond motifs is 1. The van der Waals surface area contributed by atoms with Gasteiger partial charge in [0, 0.05) is 56.7 Å². The Kier molecular flexibility index (Phi) is 4.86. The Morgan fingerprint density at radius 2 is 1.72 bits per heavy atom. The number of hydrogen-bond donors (Lipinski definition) is 1. The van der Waals surface area contributed by atoms with Crippen molar-refractivity contribution in [1.82, 2.24) is 9.80 Å². The highest BCUT2D eigenvalue weighted by Crippen LogP contribution is 2.46. The molecule has 1 saturated heterocycles. The molecule has 7 heteroatoms. The summed E-state index contributed by atoms with van der Waals surface area (Å²) in [4.78, 5) is 28.7. The zero-order valence-electron chi connectivity index (χ0n) is 16.8. The van der Waals surface area contributed by atoms with Gasteiger partial charge in [-0.05, 0) is 37.8 Å². The first-order valence-corrected chi connectivity index (χ1v) is 10.9. The summed E-state index contributed by atoms with van der Waals surface area (Å²) in [5, 5.41) is 2.98. The second-order valence-corrected chi connectivity index (χ2v) is 8.76. The molecule has 2 amide bonds. The van der Waals surface area contributed by atoms with Crippen LogP contribution in [0.3, 0.4) is 0 Å². The van der Waals surface area contributed by atoms with Crippen molar-refractivity contribution in [1.29, 1.82) is 0 Å². The standard InChI is InChI=1S/C22H29N3O4/c26-20(15-24-10-12-25(13-11-24)21(27)16-4-5-16)23-17-6-7-18-19(14-17)29-22(28-18)8-2-1-3-9-22/h6-7,14,16H,1-5,8-13,15H2,(H,23,26). The Morgan fingerprint density at radius 1 is 1.00 bits per heavy atom. The van der Waals surface area contributed by atoms with Gasteiger partial charge in [0.25, 0.3) is 5.79 Å². The van der Waals surface area contributed by atoms with Crippen LogP contribution in [0.15, 0.2) is 18.2 Å².